The second-order valence-electron chi connectivity index (χ2n) is 15.9. The molecule has 5 heterocycles. The van der Waals surface area contributed by atoms with E-state index in [0.717, 1.165) is 16.6 Å². The van der Waals surface area contributed by atoms with Gasteiger partial charge in [0.1, 0.15) is 11.2 Å². The molecule has 0 saturated heterocycles. The molecule has 3 aliphatic rings. The fraction of sp³-hybridized carbons (Fsp3) is 0.0189. The zero-order valence-electron chi connectivity index (χ0n) is 30.8. The molecule has 9 aromatic carbocycles. The summed E-state index contributed by atoms with van der Waals surface area (Å²) in [4.78, 5) is 2.58. The van der Waals surface area contributed by atoms with Crippen LogP contribution in [0.4, 0.5) is 17.1 Å². The van der Waals surface area contributed by atoms with Crippen molar-refractivity contribution in [2.75, 3.05) is 4.90 Å². The molecule has 0 saturated carbocycles. The molecule has 11 aromatic rings. The van der Waals surface area contributed by atoms with Crippen LogP contribution in [0.5, 0.6) is 0 Å². The molecule has 0 spiro atoms. The molecule has 3 aliphatic heterocycles. The average Bonchev–Trinajstić information content (AvgIpc) is 3.83. The Kier molecular flexibility index (Phi) is 5.53. The molecule has 14 rings (SSSR count). The summed E-state index contributed by atoms with van der Waals surface area (Å²) in [5, 5.41) is 7.49. The van der Waals surface area contributed by atoms with Crippen LogP contribution < -0.4 is 15.8 Å². The molecule has 4 heteroatoms. The van der Waals surface area contributed by atoms with Gasteiger partial charge < -0.3 is 13.8 Å². The van der Waals surface area contributed by atoms with Gasteiger partial charge in [-0.25, -0.2) is 0 Å². The number of aromatic nitrogens is 1. The van der Waals surface area contributed by atoms with Crippen molar-refractivity contribution in [3.63, 3.8) is 0 Å². The van der Waals surface area contributed by atoms with Crippen LogP contribution in [-0.4, -0.2) is 11.3 Å². The van der Waals surface area contributed by atoms with E-state index >= 15 is 0 Å². The van der Waals surface area contributed by atoms with E-state index in [1.807, 2.05) is 0 Å². The van der Waals surface area contributed by atoms with Crippen LogP contribution in [0.1, 0.15) is 22.3 Å². The summed E-state index contributed by atoms with van der Waals surface area (Å²) >= 11 is 0. The molecule has 0 fully saturated rings. The summed E-state index contributed by atoms with van der Waals surface area (Å²) in [6.07, 6.45) is 0. The van der Waals surface area contributed by atoms with Gasteiger partial charge in [-0.05, 0) is 67.7 Å². The number of nitrogens with zero attached hydrogens (tertiary/aromatic N) is 2. The van der Waals surface area contributed by atoms with E-state index < -0.39 is 5.41 Å². The highest BCUT2D eigenvalue weighted by atomic mass is 16.3. The van der Waals surface area contributed by atoms with E-state index in [2.05, 4.69) is 197 Å². The van der Waals surface area contributed by atoms with Crippen LogP contribution >= 0.6 is 0 Å². The van der Waals surface area contributed by atoms with E-state index in [9.17, 15) is 0 Å². The van der Waals surface area contributed by atoms with Crippen molar-refractivity contribution in [2.45, 2.75) is 5.41 Å². The highest BCUT2D eigenvalue weighted by Crippen LogP contribution is 2.59. The van der Waals surface area contributed by atoms with E-state index in [0.29, 0.717) is 0 Å². The standard InChI is InChI=1S/C53H31BN2O/c1-3-16-33(17-4-1)53(34-18-5-2-6-19-34)39-24-10-11-27-42(39)55-44-31-46-48(36-21-9-12-28-45(36)57-46)49-38-23-13-22-37-47-35-20-8-7-15-32(35)29-30-43(47)56(51(37)38)54(50(44)49)41-26-14-25-40(53)52(41)55/h1-31H. The molecule has 2 aromatic heterocycles. The van der Waals surface area contributed by atoms with Gasteiger partial charge in [-0.1, -0.05) is 164 Å². The number of rotatable bonds is 2. The molecular formula is C53H31BN2O. The maximum atomic E-state index is 6.88. The summed E-state index contributed by atoms with van der Waals surface area (Å²) in [5.41, 5.74) is 17.6. The monoisotopic (exact) mass is 722 g/mol. The summed E-state index contributed by atoms with van der Waals surface area (Å²) < 4.78 is 9.57. The molecule has 0 unspecified atom stereocenters. The first-order valence-electron chi connectivity index (χ1n) is 19.9. The molecule has 0 atom stereocenters. The van der Waals surface area contributed by atoms with E-state index in [1.165, 1.54) is 99.3 Å². The predicted octanol–water partition coefficient (Wildman–Crippen LogP) is 12.0. The van der Waals surface area contributed by atoms with Gasteiger partial charge in [-0.15, -0.1) is 0 Å². The Morgan fingerprint density at radius 1 is 0.491 bits per heavy atom. The Labute approximate surface area is 328 Å². The fourth-order valence-corrected chi connectivity index (χ4v) is 11.4. The van der Waals surface area contributed by atoms with E-state index in [1.54, 1.807) is 0 Å². The van der Waals surface area contributed by atoms with Crippen molar-refractivity contribution in [3.8, 4) is 11.1 Å². The number of anilines is 3. The molecule has 0 aliphatic carbocycles. The van der Waals surface area contributed by atoms with Crippen LogP contribution in [-0.2, 0) is 5.41 Å². The lowest BCUT2D eigenvalue weighted by Crippen LogP contribution is -2.58. The third-order valence-electron chi connectivity index (χ3n) is 13.4. The van der Waals surface area contributed by atoms with Gasteiger partial charge in [-0.2, -0.15) is 0 Å². The second kappa shape index (κ2) is 10.5. The Bertz CT molecular complexity index is 3500. The maximum absolute atomic E-state index is 6.88. The topological polar surface area (TPSA) is 21.3 Å². The average molecular weight is 723 g/mol. The second-order valence-corrected chi connectivity index (χ2v) is 15.9. The fourth-order valence-electron chi connectivity index (χ4n) is 11.4. The van der Waals surface area contributed by atoms with Crippen molar-refractivity contribution in [2.24, 2.45) is 0 Å². The predicted molar refractivity (Wildman–Crippen MR) is 237 cm³/mol. The summed E-state index contributed by atoms with van der Waals surface area (Å²) in [7, 11) is 0. The number of fused-ring (bicyclic) bond motifs is 15. The SMILES string of the molecule is c1ccc(C2(c3ccccc3)c3ccccc3N3c4cc5oc6ccccc6c5c5c4B(c4cccc2c43)n2c3ccc4ccccc4c3c3cccc-5c32)cc1. The zero-order valence-corrected chi connectivity index (χ0v) is 30.8. The molecule has 0 bridgehead atoms. The summed E-state index contributed by atoms with van der Waals surface area (Å²) in [6, 6.07) is 69.9. The lowest BCUT2D eigenvalue weighted by molar-refractivity contribution is 0.669. The van der Waals surface area contributed by atoms with Gasteiger partial charge in [0.05, 0.1) is 11.1 Å². The Morgan fingerprint density at radius 2 is 1.18 bits per heavy atom. The Hall–Kier alpha value is -7.30. The normalized spacial score (nSPS) is 14.4. The zero-order chi connectivity index (χ0) is 37.0. The van der Waals surface area contributed by atoms with Crippen molar-refractivity contribution in [1.82, 2.24) is 4.48 Å². The van der Waals surface area contributed by atoms with Crippen LogP contribution in [0, 0.1) is 0 Å². The van der Waals surface area contributed by atoms with Crippen molar-refractivity contribution >= 4 is 89.4 Å². The number of hydrogen-bond donors (Lipinski definition) is 0. The van der Waals surface area contributed by atoms with Crippen molar-refractivity contribution < 1.29 is 4.42 Å². The van der Waals surface area contributed by atoms with Gasteiger partial charge in [0.25, 0.3) is 0 Å². The Balaban J connectivity index is 1.23. The van der Waals surface area contributed by atoms with Gasteiger partial charge in [0.2, 0.25) is 0 Å². The molecule has 0 amide bonds. The first-order chi connectivity index (χ1) is 28.3. The lowest BCUT2D eigenvalue weighted by Gasteiger charge is -2.50. The quantitative estimate of drug-likeness (QED) is 0.166. The highest BCUT2D eigenvalue weighted by Gasteiger charge is 2.52. The number of hydrogen-bond acceptors (Lipinski definition) is 2. The molecular weight excluding hydrogens is 691 g/mol. The molecule has 262 valence electrons. The van der Waals surface area contributed by atoms with E-state index in [-0.39, 0.29) is 6.85 Å². The van der Waals surface area contributed by atoms with Crippen LogP contribution in [0.3, 0.4) is 0 Å². The highest BCUT2D eigenvalue weighted by molar-refractivity contribution is 6.90. The first-order valence-corrected chi connectivity index (χ1v) is 19.9. The maximum Gasteiger partial charge on any atom is 0.333 e. The van der Waals surface area contributed by atoms with Crippen LogP contribution in [0.2, 0.25) is 0 Å². The van der Waals surface area contributed by atoms with Gasteiger partial charge >= 0.3 is 6.85 Å². The minimum absolute atomic E-state index is 0.0927. The van der Waals surface area contributed by atoms with Crippen molar-refractivity contribution in [3.05, 3.63) is 210 Å². The van der Waals surface area contributed by atoms with Gasteiger partial charge in [0, 0.05) is 55.6 Å². The smallest absolute Gasteiger partial charge is 0.333 e. The van der Waals surface area contributed by atoms with Gasteiger partial charge in [0.15, 0.2) is 0 Å². The number of benzene rings is 9. The molecule has 0 N–H and O–H groups in total. The first kappa shape index (κ1) is 30.0. The largest absolute Gasteiger partial charge is 0.456 e. The summed E-state index contributed by atoms with van der Waals surface area (Å²) in [6.45, 7) is -0.0927. The third kappa shape index (κ3) is 3.48. The number of para-hydroxylation sites is 4. The Morgan fingerprint density at radius 3 is 2.02 bits per heavy atom. The van der Waals surface area contributed by atoms with Crippen LogP contribution in [0.25, 0.3) is 65.6 Å². The summed E-state index contributed by atoms with van der Waals surface area (Å²) in [5.74, 6) is 0. The van der Waals surface area contributed by atoms with Gasteiger partial charge in [-0.3, -0.25) is 0 Å². The lowest BCUT2D eigenvalue weighted by atomic mass is 9.43. The molecule has 0 radical (unpaired) electrons. The minimum Gasteiger partial charge on any atom is -0.456 e. The minimum atomic E-state index is -0.568. The van der Waals surface area contributed by atoms with Crippen LogP contribution in [0.15, 0.2) is 192 Å². The third-order valence-corrected chi connectivity index (χ3v) is 13.4. The molecule has 57 heavy (non-hydrogen) atoms. The van der Waals surface area contributed by atoms with E-state index in [4.69, 9.17) is 4.42 Å². The number of furan rings is 1. The van der Waals surface area contributed by atoms with Crippen molar-refractivity contribution in [1.29, 1.82) is 0 Å². The molecule has 3 nitrogen and oxygen atoms in total.